The van der Waals surface area contributed by atoms with Gasteiger partial charge in [0.1, 0.15) is 18.5 Å². The monoisotopic (exact) mass is 285 g/mol. The van der Waals surface area contributed by atoms with Gasteiger partial charge in [-0.2, -0.15) is 0 Å². The molecule has 19 heavy (non-hydrogen) atoms. The lowest BCUT2D eigenvalue weighted by molar-refractivity contribution is 0.105. The molecule has 0 aliphatic carbocycles. The topological polar surface area (TPSA) is 41.5 Å². The maximum atomic E-state index is 9.81. The number of ether oxygens (including phenoxy) is 1. The summed E-state index contributed by atoms with van der Waals surface area (Å²) >= 11 is 5.85. The number of hydrogen-bond acceptors (Lipinski definition) is 3. The first-order valence-electron chi connectivity index (χ1n) is 6.76. The molecule has 4 heteroatoms. The highest BCUT2D eigenvalue weighted by Gasteiger charge is 2.09. The number of nitrogens with one attached hydrogen (secondary N) is 1. The summed E-state index contributed by atoms with van der Waals surface area (Å²) in [5.41, 5.74) is 0. The van der Waals surface area contributed by atoms with Crippen molar-refractivity contribution in [1.29, 1.82) is 0 Å². The van der Waals surface area contributed by atoms with Crippen molar-refractivity contribution < 1.29 is 9.84 Å². The summed E-state index contributed by atoms with van der Waals surface area (Å²) < 4.78 is 5.48. The zero-order chi connectivity index (χ0) is 14.3. The Hall–Kier alpha value is -0.770. The van der Waals surface area contributed by atoms with Gasteiger partial charge >= 0.3 is 0 Å². The summed E-state index contributed by atoms with van der Waals surface area (Å²) in [5.74, 6) is 1.93. The molecule has 108 valence electrons. The summed E-state index contributed by atoms with van der Waals surface area (Å²) in [6.45, 7) is 8.31. The SMILES string of the molecule is CC(C)C(C)CNCC(O)COc1cccc(Cl)c1. The predicted molar refractivity (Wildman–Crippen MR) is 79.8 cm³/mol. The number of halogens is 1. The zero-order valence-corrected chi connectivity index (χ0v) is 12.7. The minimum Gasteiger partial charge on any atom is -0.491 e. The molecular formula is C15H24ClNO2. The summed E-state index contributed by atoms with van der Waals surface area (Å²) in [6.07, 6.45) is -0.515. The fourth-order valence-electron chi connectivity index (χ4n) is 1.52. The van der Waals surface area contributed by atoms with Crippen LogP contribution in [0.3, 0.4) is 0 Å². The highest BCUT2D eigenvalue weighted by Crippen LogP contribution is 2.17. The van der Waals surface area contributed by atoms with Crippen molar-refractivity contribution in [2.24, 2.45) is 11.8 Å². The molecule has 0 saturated heterocycles. The number of hydrogen-bond donors (Lipinski definition) is 2. The van der Waals surface area contributed by atoms with Gasteiger partial charge in [-0.15, -0.1) is 0 Å². The second-order valence-corrected chi connectivity index (χ2v) is 5.74. The molecule has 0 aliphatic heterocycles. The summed E-state index contributed by atoms with van der Waals surface area (Å²) in [7, 11) is 0. The molecule has 0 spiro atoms. The van der Waals surface area contributed by atoms with E-state index in [9.17, 15) is 5.11 Å². The number of benzene rings is 1. The van der Waals surface area contributed by atoms with E-state index < -0.39 is 6.10 Å². The Kier molecular flexibility index (Phi) is 7.21. The molecule has 3 nitrogen and oxygen atoms in total. The first kappa shape index (κ1) is 16.3. The number of aliphatic hydroxyl groups is 1. The predicted octanol–water partition coefficient (Wildman–Crippen LogP) is 2.96. The van der Waals surface area contributed by atoms with Crippen LogP contribution in [0.15, 0.2) is 24.3 Å². The lowest BCUT2D eigenvalue weighted by atomic mass is 9.98. The third-order valence-corrected chi connectivity index (χ3v) is 3.46. The Morgan fingerprint density at radius 3 is 2.63 bits per heavy atom. The summed E-state index contributed by atoms with van der Waals surface area (Å²) in [6, 6.07) is 7.18. The van der Waals surface area contributed by atoms with Crippen LogP contribution in [0.25, 0.3) is 0 Å². The average Bonchev–Trinajstić information content (AvgIpc) is 2.36. The van der Waals surface area contributed by atoms with Gasteiger partial charge in [0.25, 0.3) is 0 Å². The van der Waals surface area contributed by atoms with Gasteiger partial charge in [0.2, 0.25) is 0 Å². The van der Waals surface area contributed by atoms with E-state index in [-0.39, 0.29) is 6.61 Å². The quantitative estimate of drug-likeness (QED) is 0.772. The molecule has 0 fully saturated rings. The van der Waals surface area contributed by atoms with Crippen LogP contribution in [0.4, 0.5) is 0 Å². The normalized spacial score (nSPS) is 14.4. The van der Waals surface area contributed by atoms with Crippen molar-refractivity contribution >= 4 is 11.6 Å². The molecule has 0 heterocycles. The van der Waals surface area contributed by atoms with Crippen LogP contribution >= 0.6 is 11.6 Å². The van der Waals surface area contributed by atoms with E-state index in [4.69, 9.17) is 16.3 Å². The van der Waals surface area contributed by atoms with Crippen LogP contribution in [0.2, 0.25) is 5.02 Å². The van der Waals surface area contributed by atoms with Crippen LogP contribution in [-0.4, -0.2) is 30.9 Å². The second-order valence-electron chi connectivity index (χ2n) is 5.30. The number of rotatable bonds is 8. The molecule has 0 bridgehead atoms. The van der Waals surface area contributed by atoms with E-state index in [2.05, 4.69) is 26.1 Å². The standard InChI is InChI=1S/C15H24ClNO2/c1-11(2)12(3)8-17-9-14(18)10-19-15-6-4-5-13(16)7-15/h4-7,11-12,14,17-18H,8-10H2,1-3H3. The van der Waals surface area contributed by atoms with Crippen molar-refractivity contribution in [2.75, 3.05) is 19.7 Å². The Balaban J connectivity index is 2.19. The lowest BCUT2D eigenvalue weighted by Gasteiger charge is -2.18. The van der Waals surface area contributed by atoms with Crippen molar-refractivity contribution in [3.63, 3.8) is 0 Å². The fraction of sp³-hybridized carbons (Fsp3) is 0.600. The van der Waals surface area contributed by atoms with Crippen molar-refractivity contribution in [1.82, 2.24) is 5.32 Å². The summed E-state index contributed by atoms with van der Waals surface area (Å²) in [4.78, 5) is 0. The zero-order valence-electron chi connectivity index (χ0n) is 11.9. The maximum Gasteiger partial charge on any atom is 0.120 e. The third-order valence-electron chi connectivity index (χ3n) is 3.22. The van der Waals surface area contributed by atoms with Crippen LogP contribution < -0.4 is 10.1 Å². The van der Waals surface area contributed by atoms with E-state index in [0.717, 1.165) is 6.54 Å². The average molecular weight is 286 g/mol. The minimum absolute atomic E-state index is 0.267. The van der Waals surface area contributed by atoms with Gasteiger partial charge in [-0.1, -0.05) is 38.4 Å². The molecular weight excluding hydrogens is 262 g/mol. The molecule has 0 aliphatic rings. The first-order valence-corrected chi connectivity index (χ1v) is 7.14. The summed E-state index contributed by atoms with van der Waals surface area (Å²) in [5, 5.41) is 13.7. The van der Waals surface area contributed by atoms with E-state index in [1.54, 1.807) is 12.1 Å². The Morgan fingerprint density at radius 1 is 1.26 bits per heavy atom. The van der Waals surface area contributed by atoms with E-state index in [1.807, 2.05) is 12.1 Å². The van der Waals surface area contributed by atoms with Crippen molar-refractivity contribution in [3.8, 4) is 5.75 Å². The molecule has 1 rings (SSSR count). The first-order chi connectivity index (χ1) is 8.99. The highest BCUT2D eigenvalue weighted by atomic mass is 35.5. The molecule has 2 N–H and O–H groups in total. The molecule has 2 unspecified atom stereocenters. The third kappa shape index (κ3) is 6.81. The fourth-order valence-corrected chi connectivity index (χ4v) is 1.70. The van der Waals surface area contributed by atoms with Crippen LogP contribution in [0.1, 0.15) is 20.8 Å². The van der Waals surface area contributed by atoms with Gasteiger partial charge in [0.05, 0.1) is 0 Å². The van der Waals surface area contributed by atoms with Crippen molar-refractivity contribution in [3.05, 3.63) is 29.3 Å². The van der Waals surface area contributed by atoms with Crippen molar-refractivity contribution in [2.45, 2.75) is 26.9 Å². The molecule has 2 atom stereocenters. The number of aliphatic hydroxyl groups excluding tert-OH is 1. The van der Waals surface area contributed by atoms with E-state index in [0.29, 0.717) is 29.2 Å². The van der Waals surface area contributed by atoms with Gasteiger partial charge in [0, 0.05) is 11.6 Å². The van der Waals surface area contributed by atoms with E-state index >= 15 is 0 Å². The molecule has 0 amide bonds. The largest absolute Gasteiger partial charge is 0.491 e. The Bertz CT molecular complexity index is 371. The maximum absolute atomic E-state index is 9.81. The van der Waals surface area contributed by atoms with Gasteiger partial charge in [-0.25, -0.2) is 0 Å². The highest BCUT2D eigenvalue weighted by molar-refractivity contribution is 6.30. The van der Waals surface area contributed by atoms with Crippen LogP contribution in [0.5, 0.6) is 5.75 Å². The van der Waals surface area contributed by atoms with Gasteiger partial charge in [0.15, 0.2) is 0 Å². The van der Waals surface area contributed by atoms with E-state index in [1.165, 1.54) is 0 Å². The molecule has 0 saturated carbocycles. The Labute approximate surface area is 120 Å². The molecule has 0 aromatic heterocycles. The molecule has 1 aromatic rings. The lowest BCUT2D eigenvalue weighted by Crippen LogP contribution is -2.34. The smallest absolute Gasteiger partial charge is 0.120 e. The molecule has 0 radical (unpaired) electrons. The Morgan fingerprint density at radius 2 is 2.00 bits per heavy atom. The van der Waals surface area contributed by atoms with Gasteiger partial charge in [-0.05, 0) is 36.6 Å². The van der Waals surface area contributed by atoms with Gasteiger partial charge < -0.3 is 15.2 Å². The van der Waals surface area contributed by atoms with Crippen LogP contribution in [-0.2, 0) is 0 Å². The second kappa shape index (κ2) is 8.41. The molecule has 1 aromatic carbocycles. The van der Waals surface area contributed by atoms with Gasteiger partial charge in [-0.3, -0.25) is 0 Å². The minimum atomic E-state index is -0.515. The van der Waals surface area contributed by atoms with Crippen LogP contribution in [0, 0.1) is 11.8 Å².